The van der Waals surface area contributed by atoms with Gasteiger partial charge in [-0.25, -0.2) is 0 Å². The first-order valence-corrected chi connectivity index (χ1v) is 8.79. The number of nitrogens with one attached hydrogen (secondary N) is 2. The zero-order chi connectivity index (χ0) is 18.3. The van der Waals surface area contributed by atoms with Gasteiger partial charge in [-0.05, 0) is 25.8 Å². The molecule has 1 atom stereocenters. The molecule has 2 rings (SSSR count). The number of hydrogen-bond acceptors (Lipinski definition) is 4. The van der Waals surface area contributed by atoms with Crippen molar-refractivity contribution in [2.45, 2.75) is 38.3 Å². The molecule has 6 heteroatoms. The van der Waals surface area contributed by atoms with Gasteiger partial charge in [0.25, 0.3) is 0 Å². The number of piperazine rings is 1. The summed E-state index contributed by atoms with van der Waals surface area (Å²) in [5, 5.41) is 5.73. The Morgan fingerprint density at radius 1 is 1.36 bits per heavy atom. The maximum absolute atomic E-state index is 12.3. The zero-order valence-electron chi connectivity index (χ0n) is 15.4. The molecule has 1 saturated heterocycles. The van der Waals surface area contributed by atoms with E-state index in [0.29, 0.717) is 13.1 Å². The molecule has 2 N–H and O–H groups in total. The minimum absolute atomic E-state index is 0.0690. The molecule has 2 amide bonds. The second-order valence-corrected chi connectivity index (χ2v) is 7.02. The number of ether oxygens (including phenoxy) is 1. The first-order chi connectivity index (χ1) is 11.9. The van der Waals surface area contributed by atoms with E-state index in [1.165, 1.54) is 5.56 Å². The van der Waals surface area contributed by atoms with Crippen LogP contribution in [0.1, 0.15) is 25.8 Å². The van der Waals surface area contributed by atoms with Gasteiger partial charge in [-0.15, -0.1) is 0 Å². The third-order valence-corrected chi connectivity index (χ3v) is 4.61. The van der Waals surface area contributed by atoms with Crippen LogP contribution in [-0.2, 0) is 20.7 Å². The molecule has 0 radical (unpaired) electrons. The number of hydrogen-bond donors (Lipinski definition) is 2. The molecular formula is C19H29N3O3. The van der Waals surface area contributed by atoms with Gasteiger partial charge < -0.3 is 15.4 Å². The van der Waals surface area contributed by atoms with E-state index in [-0.39, 0.29) is 18.2 Å². The first-order valence-electron chi connectivity index (χ1n) is 8.79. The van der Waals surface area contributed by atoms with Gasteiger partial charge in [-0.1, -0.05) is 30.3 Å². The molecule has 1 fully saturated rings. The highest BCUT2D eigenvalue weighted by Gasteiger charge is 2.31. The molecule has 0 saturated carbocycles. The Kier molecular flexibility index (Phi) is 6.96. The van der Waals surface area contributed by atoms with Gasteiger partial charge in [0, 0.05) is 33.3 Å². The summed E-state index contributed by atoms with van der Waals surface area (Å²) >= 11 is 0. The normalized spacial score (nSPS) is 18.7. The third kappa shape index (κ3) is 6.14. The van der Waals surface area contributed by atoms with E-state index >= 15 is 0 Å². The van der Waals surface area contributed by atoms with Crippen LogP contribution in [0.2, 0.25) is 0 Å². The summed E-state index contributed by atoms with van der Waals surface area (Å²) in [5.74, 6) is -0.197. The lowest BCUT2D eigenvalue weighted by molar-refractivity contribution is -0.134. The molecule has 25 heavy (non-hydrogen) atoms. The van der Waals surface area contributed by atoms with Gasteiger partial charge in [-0.3, -0.25) is 14.5 Å². The summed E-state index contributed by atoms with van der Waals surface area (Å²) in [5.41, 5.74) is 0.816. The maximum atomic E-state index is 12.3. The fraction of sp³-hybridized carbons (Fsp3) is 0.579. The zero-order valence-corrected chi connectivity index (χ0v) is 15.4. The highest BCUT2D eigenvalue weighted by Crippen LogP contribution is 2.12. The summed E-state index contributed by atoms with van der Waals surface area (Å²) in [7, 11) is 1.62. The van der Waals surface area contributed by atoms with Gasteiger partial charge in [0.2, 0.25) is 11.8 Å². The highest BCUT2D eigenvalue weighted by atomic mass is 16.5. The molecule has 6 nitrogen and oxygen atoms in total. The average Bonchev–Trinajstić information content (AvgIpc) is 2.61. The Balaban J connectivity index is 1.90. The number of methoxy groups -OCH3 is 1. The Bertz CT molecular complexity index is 575. The van der Waals surface area contributed by atoms with Crippen LogP contribution in [0.5, 0.6) is 0 Å². The van der Waals surface area contributed by atoms with Crippen molar-refractivity contribution in [2.24, 2.45) is 0 Å². The van der Waals surface area contributed by atoms with Crippen molar-refractivity contribution in [3.05, 3.63) is 35.9 Å². The monoisotopic (exact) mass is 347 g/mol. The Labute approximate surface area is 149 Å². The molecule has 1 aliphatic heterocycles. The molecule has 1 aromatic carbocycles. The molecule has 1 heterocycles. The summed E-state index contributed by atoms with van der Waals surface area (Å²) in [6.45, 7) is 6.39. The molecule has 0 spiro atoms. The van der Waals surface area contributed by atoms with E-state index in [9.17, 15) is 9.59 Å². The Morgan fingerprint density at radius 3 is 2.76 bits per heavy atom. The third-order valence-electron chi connectivity index (χ3n) is 4.61. The van der Waals surface area contributed by atoms with Gasteiger partial charge in [0.05, 0.1) is 18.1 Å². The second-order valence-electron chi connectivity index (χ2n) is 7.02. The standard InChI is InChI=1S/C19H29N3O3/c1-19(2,25-3)14-21-17(23)13-16-18(24)20-10-12-22(16)11-9-15-7-5-4-6-8-15/h4-8,16H,9-14H2,1-3H3,(H,20,24)(H,21,23). The van der Waals surface area contributed by atoms with Crippen LogP contribution in [0.4, 0.5) is 0 Å². The summed E-state index contributed by atoms with van der Waals surface area (Å²) in [4.78, 5) is 26.6. The van der Waals surface area contributed by atoms with Crippen molar-refractivity contribution < 1.29 is 14.3 Å². The van der Waals surface area contributed by atoms with Crippen LogP contribution in [0.3, 0.4) is 0 Å². The second kappa shape index (κ2) is 8.97. The maximum Gasteiger partial charge on any atom is 0.237 e. The number of rotatable bonds is 8. The summed E-state index contributed by atoms with van der Waals surface area (Å²) in [6.07, 6.45) is 1.03. The van der Waals surface area contributed by atoms with Gasteiger partial charge in [0.1, 0.15) is 0 Å². The van der Waals surface area contributed by atoms with E-state index in [0.717, 1.165) is 19.5 Å². The summed E-state index contributed by atoms with van der Waals surface area (Å²) in [6, 6.07) is 9.77. The van der Waals surface area contributed by atoms with Crippen LogP contribution < -0.4 is 10.6 Å². The molecular weight excluding hydrogens is 318 g/mol. The number of benzene rings is 1. The van der Waals surface area contributed by atoms with E-state index in [2.05, 4.69) is 27.7 Å². The van der Waals surface area contributed by atoms with Crippen molar-refractivity contribution in [1.29, 1.82) is 0 Å². The predicted molar refractivity (Wildman–Crippen MR) is 97.2 cm³/mol. The number of nitrogens with zero attached hydrogens (tertiary/aromatic N) is 1. The van der Waals surface area contributed by atoms with E-state index in [1.54, 1.807) is 7.11 Å². The topological polar surface area (TPSA) is 70.7 Å². The van der Waals surface area contributed by atoms with Gasteiger partial charge in [0.15, 0.2) is 0 Å². The van der Waals surface area contributed by atoms with Gasteiger partial charge >= 0.3 is 0 Å². The van der Waals surface area contributed by atoms with Crippen molar-refractivity contribution in [2.75, 3.05) is 33.3 Å². The van der Waals surface area contributed by atoms with E-state index < -0.39 is 11.6 Å². The van der Waals surface area contributed by atoms with Crippen molar-refractivity contribution in [1.82, 2.24) is 15.5 Å². The average molecular weight is 347 g/mol. The Morgan fingerprint density at radius 2 is 2.08 bits per heavy atom. The minimum atomic E-state index is -0.419. The summed E-state index contributed by atoms with van der Waals surface area (Å²) < 4.78 is 5.30. The SMILES string of the molecule is COC(C)(C)CNC(=O)CC1C(=O)NCCN1CCc1ccccc1. The lowest BCUT2D eigenvalue weighted by Crippen LogP contribution is -2.57. The number of carbonyl (C=O) groups excluding carboxylic acids is 2. The largest absolute Gasteiger partial charge is 0.377 e. The molecule has 0 aromatic heterocycles. The van der Waals surface area contributed by atoms with Crippen LogP contribution in [0.25, 0.3) is 0 Å². The van der Waals surface area contributed by atoms with Crippen molar-refractivity contribution >= 4 is 11.8 Å². The van der Waals surface area contributed by atoms with E-state index in [4.69, 9.17) is 4.74 Å². The Hall–Kier alpha value is -1.92. The highest BCUT2D eigenvalue weighted by molar-refractivity contribution is 5.88. The van der Waals surface area contributed by atoms with Crippen LogP contribution in [0.15, 0.2) is 30.3 Å². The van der Waals surface area contributed by atoms with Crippen LogP contribution in [-0.4, -0.2) is 61.6 Å². The van der Waals surface area contributed by atoms with Crippen LogP contribution in [0, 0.1) is 0 Å². The smallest absolute Gasteiger partial charge is 0.237 e. The molecule has 138 valence electrons. The van der Waals surface area contributed by atoms with Crippen molar-refractivity contribution in [3.8, 4) is 0 Å². The van der Waals surface area contributed by atoms with Crippen molar-refractivity contribution in [3.63, 3.8) is 0 Å². The number of carbonyl (C=O) groups is 2. The molecule has 1 aromatic rings. The molecule has 1 unspecified atom stereocenters. The lowest BCUT2D eigenvalue weighted by Gasteiger charge is -2.35. The fourth-order valence-electron chi connectivity index (χ4n) is 2.80. The quantitative estimate of drug-likeness (QED) is 0.735. The first kappa shape index (κ1) is 19.4. The molecule has 0 bridgehead atoms. The molecule has 1 aliphatic rings. The van der Waals surface area contributed by atoms with Gasteiger partial charge in [-0.2, -0.15) is 0 Å². The lowest BCUT2D eigenvalue weighted by atomic mass is 10.1. The van der Waals surface area contributed by atoms with Crippen LogP contribution >= 0.6 is 0 Å². The van der Waals surface area contributed by atoms with E-state index in [1.807, 2.05) is 32.0 Å². The fourth-order valence-corrected chi connectivity index (χ4v) is 2.80. The number of amides is 2. The molecule has 0 aliphatic carbocycles. The minimum Gasteiger partial charge on any atom is -0.377 e. The predicted octanol–water partition coefficient (Wildman–Crippen LogP) is 0.961.